The van der Waals surface area contributed by atoms with E-state index in [1.54, 1.807) is 42.5 Å². The molecule has 7 nitrogen and oxygen atoms in total. The number of hydrogen-bond donors (Lipinski definition) is 1. The molecule has 0 saturated carbocycles. The average molecular weight is 538 g/mol. The Morgan fingerprint density at radius 1 is 1.09 bits per heavy atom. The monoisotopic (exact) mass is 536 g/mol. The van der Waals surface area contributed by atoms with Crippen LogP contribution in [0, 0.1) is 6.92 Å². The molecule has 0 atom stereocenters. The van der Waals surface area contributed by atoms with Crippen molar-refractivity contribution in [1.29, 1.82) is 0 Å². The topological polar surface area (TPSA) is 94.1 Å². The van der Waals surface area contributed by atoms with E-state index in [1.807, 2.05) is 6.92 Å². The number of amides is 1. The van der Waals surface area contributed by atoms with Crippen LogP contribution in [0.15, 0.2) is 75.1 Å². The molecule has 0 aliphatic carbocycles. The number of nitrogens with zero attached hydrogens (tertiary/aromatic N) is 1. The quantitative estimate of drug-likeness (QED) is 0.261. The second kappa shape index (κ2) is 10.2. The van der Waals surface area contributed by atoms with Crippen LogP contribution >= 0.6 is 27.5 Å². The van der Waals surface area contributed by atoms with Gasteiger partial charge < -0.3 is 8.92 Å². The number of aryl methyl sites for hydroxylation is 1. The molecule has 0 unspecified atom stereocenters. The maximum Gasteiger partial charge on any atom is 0.339 e. The molecular weight excluding hydrogens is 520 g/mol. The third kappa shape index (κ3) is 5.87. The van der Waals surface area contributed by atoms with Crippen molar-refractivity contribution in [3.05, 3.63) is 86.8 Å². The third-order valence-corrected chi connectivity index (χ3v) is 6.32. The first-order valence-corrected chi connectivity index (χ1v) is 11.7. The predicted molar refractivity (Wildman–Crippen MR) is 126 cm³/mol. The second-order valence-electron chi connectivity index (χ2n) is 6.59. The summed E-state index contributed by atoms with van der Waals surface area (Å²) in [5, 5.41) is 4.45. The van der Waals surface area contributed by atoms with Gasteiger partial charge in [-0.15, -0.1) is 0 Å². The number of halogens is 2. The molecule has 0 spiro atoms. The number of rotatable bonds is 7. The highest BCUT2D eigenvalue weighted by molar-refractivity contribution is 9.10. The highest BCUT2D eigenvalue weighted by atomic mass is 79.9. The summed E-state index contributed by atoms with van der Waals surface area (Å²) in [6, 6.07) is 15.8. The summed E-state index contributed by atoms with van der Waals surface area (Å²) in [6.07, 6.45) is 1.39. The summed E-state index contributed by atoms with van der Waals surface area (Å²) in [6.45, 7) is 1.86. The Kier molecular flexibility index (Phi) is 7.55. The number of carbonyl (C=O) groups excluding carboxylic acids is 1. The molecule has 3 aromatic carbocycles. The molecule has 0 saturated heterocycles. The third-order valence-electron chi connectivity index (χ3n) is 4.24. The van der Waals surface area contributed by atoms with Crippen LogP contribution in [0.25, 0.3) is 0 Å². The van der Waals surface area contributed by atoms with Gasteiger partial charge in [-0.05, 0) is 76.9 Å². The normalized spacial score (nSPS) is 11.4. The van der Waals surface area contributed by atoms with Gasteiger partial charge in [-0.3, -0.25) is 4.79 Å². The fraction of sp³-hybridized carbons (Fsp3) is 0.0909. The van der Waals surface area contributed by atoms with Crippen molar-refractivity contribution < 1.29 is 22.1 Å². The van der Waals surface area contributed by atoms with Gasteiger partial charge in [0, 0.05) is 10.6 Å². The number of benzene rings is 3. The summed E-state index contributed by atoms with van der Waals surface area (Å²) in [4.78, 5) is 12.1. The minimum absolute atomic E-state index is 0.00424. The Labute approximate surface area is 199 Å². The smallest absolute Gasteiger partial charge is 0.339 e. The van der Waals surface area contributed by atoms with E-state index >= 15 is 0 Å². The second-order valence-corrected chi connectivity index (χ2v) is 9.43. The molecule has 10 heteroatoms. The van der Waals surface area contributed by atoms with Crippen LogP contribution in [0.5, 0.6) is 11.5 Å². The van der Waals surface area contributed by atoms with E-state index in [0.717, 1.165) is 5.56 Å². The average Bonchev–Trinajstić information content (AvgIpc) is 2.76. The van der Waals surface area contributed by atoms with Crippen molar-refractivity contribution >= 4 is 49.8 Å². The molecule has 166 valence electrons. The van der Waals surface area contributed by atoms with E-state index < -0.39 is 16.0 Å². The van der Waals surface area contributed by atoms with E-state index in [4.69, 9.17) is 20.5 Å². The highest BCUT2D eigenvalue weighted by Crippen LogP contribution is 2.38. The van der Waals surface area contributed by atoms with Crippen molar-refractivity contribution in [3.8, 4) is 11.5 Å². The molecule has 0 radical (unpaired) electrons. The maximum atomic E-state index is 12.6. The molecule has 3 aromatic rings. The summed E-state index contributed by atoms with van der Waals surface area (Å²) in [7, 11) is -2.68. The van der Waals surface area contributed by atoms with Crippen LogP contribution in [0.3, 0.4) is 0 Å². The fourth-order valence-corrected chi connectivity index (χ4v) is 4.32. The summed E-state index contributed by atoms with van der Waals surface area (Å²) in [5.74, 6) is -0.246. The van der Waals surface area contributed by atoms with Crippen LogP contribution in [0.4, 0.5) is 0 Å². The number of carbonyl (C=O) groups is 1. The van der Waals surface area contributed by atoms with E-state index in [9.17, 15) is 13.2 Å². The summed E-state index contributed by atoms with van der Waals surface area (Å²) in [5.41, 5.74) is 4.26. The number of hydrogen-bond acceptors (Lipinski definition) is 6. The zero-order valence-corrected chi connectivity index (χ0v) is 20.2. The van der Waals surface area contributed by atoms with Gasteiger partial charge in [0.25, 0.3) is 5.91 Å². The molecule has 0 aromatic heterocycles. The van der Waals surface area contributed by atoms with E-state index in [-0.39, 0.29) is 16.4 Å². The minimum Gasteiger partial charge on any atom is -0.493 e. The minimum atomic E-state index is -4.07. The summed E-state index contributed by atoms with van der Waals surface area (Å²) >= 11 is 9.12. The van der Waals surface area contributed by atoms with Gasteiger partial charge in [-0.2, -0.15) is 13.5 Å². The van der Waals surface area contributed by atoms with Gasteiger partial charge in [0.05, 0.1) is 17.8 Å². The molecule has 1 N–H and O–H groups in total. The van der Waals surface area contributed by atoms with Gasteiger partial charge in [0.1, 0.15) is 4.90 Å². The van der Waals surface area contributed by atoms with Crippen LogP contribution in [0.1, 0.15) is 21.5 Å². The van der Waals surface area contributed by atoms with Gasteiger partial charge in [-0.1, -0.05) is 29.3 Å². The molecule has 0 aliphatic rings. The van der Waals surface area contributed by atoms with Crippen LogP contribution in [-0.2, 0) is 10.1 Å². The van der Waals surface area contributed by atoms with Crippen molar-refractivity contribution in [1.82, 2.24) is 5.43 Å². The predicted octanol–water partition coefficient (Wildman–Crippen LogP) is 4.95. The lowest BCUT2D eigenvalue weighted by Gasteiger charge is -2.13. The lowest BCUT2D eigenvalue weighted by Crippen LogP contribution is -2.17. The Morgan fingerprint density at radius 2 is 1.75 bits per heavy atom. The molecule has 0 fully saturated rings. The number of ether oxygens (including phenoxy) is 1. The molecule has 0 bridgehead atoms. The van der Waals surface area contributed by atoms with Gasteiger partial charge >= 0.3 is 10.1 Å². The lowest BCUT2D eigenvalue weighted by molar-refractivity contribution is 0.0955. The van der Waals surface area contributed by atoms with Gasteiger partial charge in [0.15, 0.2) is 11.5 Å². The van der Waals surface area contributed by atoms with Crippen molar-refractivity contribution in [2.75, 3.05) is 7.11 Å². The summed E-state index contributed by atoms with van der Waals surface area (Å²) < 4.78 is 36.2. The number of nitrogens with one attached hydrogen (secondary N) is 1. The fourth-order valence-electron chi connectivity index (χ4n) is 2.59. The Balaban J connectivity index is 1.78. The first-order valence-electron chi connectivity index (χ1n) is 9.17. The molecule has 32 heavy (non-hydrogen) atoms. The van der Waals surface area contributed by atoms with E-state index in [0.29, 0.717) is 20.6 Å². The van der Waals surface area contributed by atoms with Crippen LogP contribution in [-0.4, -0.2) is 27.6 Å². The standard InChI is InChI=1S/C22H18BrClN2O5S/c1-14-3-9-18(10-4-14)32(28,29)31-21-19(23)11-15(12-20(21)30-2)13-25-26-22(27)16-5-7-17(24)8-6-16/h3-13H,1-2H3,(H,26,27). The van der Waals surface area contributed by atoms with E-state index in [2.05, 4.69) is 26.5 Å². The van der Waals surface area contributed by atoms with Crippen molar-refractivity contribution in [2.45, 2.75) is 11.8 Å². The first kappa shape index (κ1) is 23.8. The van der Waals surface area contributed by atoms with E-state index in [1.165, 1.54) is 31.5 Å². The van der Waals surface area contributed by atoms with Crippen LogP contribution in [0.2, 0.25) is 5.02 Å². The number of methoxy groups -OCH3 is 1. The van der Waals surface area contributed by atoms with Gasteiger partial charge in [0.2, 0.25) is 0 Å². The Morgan fingerprint density at radius 3 is 2.38 bits per heavy atom. The van der Waals surface area contributed by atoms with Crippen molar-refractivity contribution in [2.24, 2.45) is 5.10 Å². The Hall–Kier alpha value is -2.88. The largest absolute Gasteiger partial charge is 0.493 e. The highest BCUT2D eigenvalue weighted by Gasteiger charge is 2.22. The molecule has 0 heterocycles. The Bertz CT molecular complexity index is 1260. The molecule has 1 amide bonds. The zero-order chi connectivity index (χ0) is 23.3. The lowest BCUT2D eigenvalue weighted by atomic mass is 10.2. The maximum absolute atomic E-state index is 12.6. The molecule has 0 aliphatic heterocycles. The zero-order valence-electron chi connectivity index (χ0n) is 17.0. The SMILES string of the molecule is COc1cc(C=NNC(=O)c2ccc(Cl)cc2)cc(Br)c1OS(=O)(=O)c1ccc(C)cc1. The first-order chi connectivity index (χ1) is 15.2. The number of hydrazone groups is 1. The molecular formula is C22H18BrClN2O5S. The molecule has 3 rings (SSSR count). The van der Waals surface area contributed by atoms with Crippen molar-refractivity contribution in [3.63, 3.8) is 0 Å². The van der Waals surface area contributed by atoms with Gasteiger partial charge in [-0.25, -0.2) is 5.43 Å². The van der Waals surface area contributed by atoms with Crippen LogP contribution < -0.4 is 14.3 Å².